The van der Waals surface area contributed by atoms with Crippen LogP contribution in [0, 0.1) is 11.8 Å². The summed E-state index contributed by atoms with van der Waals surface area (Å²) in [5.74, 6) is 2.23. The Morgan fingerprint density at radius 1 is 1.11 bits per heavy atom. The molecule has 0 N–H and O–H groups in total. The van der Waals surface area contributed by atoms with Crippen LogP contribution in [0.1, 0.15) is 62.5 Å². The fraction of sp³-hybridized carbons (Fsp3) is 0.611. The van der Waals surface area contributed by atoms with Crippen LogP contribution in [0.15, 0.2) is 24.3 Å². The van der Waals surface area contributed by atoms with Gasteiger partial charge in [0.2, 0.25) is 0 Å². The summed E-state index contributed by atoms with van der Waals surface area (Å²) < 4.78 is 0. The summed E-state index contributed by atoms with van der Waals surface area (Å²) in [6.07, 6.45) is 7.93. The van der Waals surface area contributed by atoms with Crippen molar-refractivity contribution < 1.29 is 4.79 Å². The number of ketones is 1. The van der Waals surface area contributed by atoms with Crippen LogP contribution < -0.4 is 0 Å². The number of benzene rings is 1. The van der Waals surface area contributed by atoms with Crippen LogP contribution in [0.4, 0.5) is 0 Å². The Morgan fingerprint density at radius 2 is 1.95 bits per heavy atom. The molecule has 0 spiro atoms. The maximum atomic E-state index is 12.1. The van der Waals surface area contributed by atoms with Crippen molar-refractivity contribution in [3.8, 4) is 0 Å². The standard InChI is InChI=1S/C18H24O/c1-13-9-10-18(19)16(11-13)12-15-7-4-6-14-5-2-3-8-17(14)15/h2-3,5,8,13,15-16H,4,6-7,9-12H2,1H3. The summed E-state index contributed by atoms with van der Waals surface area (Å²) in [5.41, 5.74) is 3.05. The molecule has 3 atom stereocenters. The summed E-state index contributed by atoms with van der Waals surface area (Å²) in [5, 5.41) is 0. The first-order chi connectivity index (χ1) is 9.24. The van der Waals surface area contributed by atoms with Gasteiger partial charge in [0, 0.05) is 12.3 Å². The minimum atomic E-state index is 0.333. The average Bonchev–Trinajstić information content (AvgIpc) is 2.43. The second-order valence-corrected chi connectivity index (χ2v) is 6.57. The molecule has 0 saturated heterocycles. The van der Waals surface area contributed by atoms with Crippen molar-refractivity contribution in [1.29, 1.82) is 0 Å². The largest absolute Gasteiger partial charge is 0.299 e. The lowest BCUT2D eigenvalue weighted by molar-refractivity contribution is -0.125. The van der Waals surface area contributed by atoms with Crippen LogP contribution >= 0.6 is 0 Å². The third kappa shape index (κ3) is 2.75. The zero-order chi connectivity index (χ0) is 13.2. The molecule has 1 saturated carbocycles. The van der Waals surface area contributed by atoms with Crippen LogP contribution in [0.2, 0.25) is 0 Å². The number of fused-ring (bicyclic) bond motifs is 1. The molecule has 0 bridgehead atoms. The van der Waals surface area contributed by atoms with E-state index in [1.165, 1.54) is 30.4 Å². The van der Waals surface area contributed by atoms with Gasteiger partial charge in [-0.3, -0.25) is 4.79 Å². The molecular formula is C18H24O. The van der Waals surface area contributed by atoms with E-state index in [-0.39, 0.29) is 0 Å². The van der Waals surface area contributed by atoms with Crippen molar-refractivity contribution in [2.75, 3.05) is 0 Å². The lowest BCUT2D eigenvalue weighted by Crippen LogP contribution is -2.26. The van der Waals surface area contributed by atoms with Crippen molar-refractivity contribution >= 4 is 5.78 Å². The van der Waals surface area contributed by atoms with E-state index in [9.17, 15) is 4.79 Å². The lowest BCUT2D eigenvalue weighted by atomic mass is 9.72. The quantitative estimate of drug-likeness (QED) is 0.761. The van der Waals surface area contributed by atoms with Crippen LogP contribution in [-0.2, 0) is 11.2 Å². The molecule has 0 heterocycles. The molecule has 1 aromatic carbocycles. The van der Waals surface area contributed by atoms with Gasteiger partial charge in [0.15, 0.2) is 0 Å². The van der Waals surface area contributed by atoms with E-state index in [4.69, 9.17) is 0 Å². The Balaban J connectivity index is 1.75. The number of carbonyl (C=O) groups is 1. The molecule has 0 amide bonds. The summed E-state index contributed by atoms with van der Waals surface area (Å²) in [7, 11) is 0. The van der Waals surface area contributed by atoms with Crippen molar-refractivity contribution in [3.63, 3.8) is 0 Å². The van der Waals surface area contributed by atoms with E-state index in [2.05, 4.69) is 31.2 Å². The summed E-state index contributed by atoms with van der Waals surface area (Å²) in [4.78, 5) is 12.1. The van der Waals surface area contributed by atoms with Crippen molar-refractivity contribution in [2.45, 2.75) is 57.8 Å². The fourth-order valence-corrected chi connectivity index (χ4v) is 4.00. The van der Waals surface area contributed by atoms with Gasteiger partial charge < -0.3 is 0 Å². The molecule has 0 aliphatic heterocycles. The second kappa shape index (κ2) is 5.48. The normalized spacial score (nSPS) is 31.0. The molecule has 1 fully saturated rings. The number of hydrogen-bond donors (Lipinski definition) is 0. The number of carbonyl (C=O) groups excluding carboxylic acids is 1. The third-order valence-electron chi connectivity index (χ3n) is 5.09. The Labute approximate surface area is 116 Å². The maximum absolute atomic E-state index is 12.1. The van der Waals surface area contributed by atoms with Gasteiger partial charge in [-0.15, -0.1) is 0 Å². The number of Topliss-reactive ketones (excluding diaryl/α,β-unsaturated/α-hetero) is 1. The highest BCUT2D eigenvalue weighted by atomic mass is 16.1. The molecule has 2 aliphatic rings. The van der Waals surface area contributed by atoms with E-state index >= 15 is 0 Å². The smallest absolute Gasteiger partial charge is 0.136 e. The van der Waals surface area contributed by atoms with E-state index in [0.717, 1.165) is 31.6 Å². The maximum Gasteiger partial charge on any atom is 0.136 e. The lowest BCUT2D eigenvalue weighted by Gasteiger charge is -2.32. The van der Waals surface area contributed by atoms with Gasteiger partial charge in [-0.1, -0.05) is 31.2 Å². The fourth-order valence-electron chi connectivity index (χ4n) is 4.00. The number of hydrogen-bond acceptors (Lipinski definition) is 1. The molecule has 1 aromatic rings. The van der Waals surface area contributed by atoms with E-state index in [0.29, 0.717) is 17.6 Å². The molecule has 3 rings (SSSR count). The summed E-state index contributed by atoms with van der Waals surface area (Å²) in [6.45, 7) is 2.30. The third-order valence-corrected chi connectivity index (χ3v) is 5.09. The molecular weight excluding hydrogens is 232 g/mol. The number of aryl methyl sites for hydroxylation is 1. The first-order valence-electron chi connectivity index (χ1n) is 7.84. The molecule has 19 heavy (non-hydrogen) atoms. The van der Waals surface area contributed by atoms with Gasteiger partial charge in [-0.25, -0.2) is 0 Å². The Morgan fingerprint density at radius 3 is 2.84 bits per heavy atom. The molecule has 1 nitrogen and oxygen atoms in total. The minimum Gasteiger partial charge on any atom is -0.299 e. The molecule has 3 unspecified atom stereocenters. The van der Waals surface area contributed by atoms with Gasteiger partial charge in [0.1, 0.15) is 5.78 Å². The van der Waals surface area contributed by atoms with Gasteiger partial charge >= 0.3 is 0 Å². The van der Waals surface area contributed by atoms with Crippen LogP contribution in [0.3, 0.4) is 0 Å². The average molecular weight is 256 g/mol. The van der Waals surface area contributed by atoms with Gasteiger partial charge in [-0.05, 0) is 61.5 Å². The van der Waals surface area contributed by atoms with Gasteiger partial charge in [0.05, 0.1) is 0 Å². The summed E-state index contributed by atoms with van der Waals surface area (Å²) in [6, 6.07) is 8.86. The Kier molecular flexibility index (Phi) is 3.72. The van der Waals surface area contributed by atoms with E-state index in [1.54, 1.807) is 0 Å². The number of rotatable bonds is 2. The predicted molar refractivity (Wildman–Crippen MR) is 78.3 cm³/mol. The van der Waals surface area contributed by atoms with Crippen molar-refractivity contribution in [1.82, 2.24) is 0 Å². The summed E-state index contributed by atoms with van der Waals surface area (Å²) >= 11 is 0. The highest BCUT2D eigenvalue weighted by molar-refractivity contribution is 5.81. The van der Waals surface area contributed by atoms with Crippen LogP contribution in [0.25, 0.3) is 0 Å². The van der Waals surface area contributed by atoms with Crippen LogP contribution in [0.5, 0.6) is 0 Å². The highest BCUT2D eigenvalue weighted by Crippen LogP contribution is 2.39. The molecule has 0 radical (unpaired) electrons. The van der Waals surface area contributed by atoms with Gasteiger partial charge in [-0.2, -0.15) is 0 Å². The van der Waals surface area contributed by atoms with Crippen molar-refractivity contribution in [2.24, 2.45) is 11.8 Å². The first-order valence-corrected chi connectivity index (χ1v) is 7.84. The molecule has 0 aromatic heterocycles. The molecule has 2 aliphatic carbocycles. The Hall–Kier alpha value is -1.11. The van der Waals surface area contributed by atoms with Gasteiger partial charge in [0.25, 0.3) is 0 Å². The monoisotopic (exact) mass is 256 g/mol. The van der Waals surface area contributed by atoms with E-state index in [1.807, 2.05) is 0 Å². The highest BCUT2D eigenvalue weighted by Gasteiger charge is 2.30. The Bertz CT molecular complexity index is 463. The zero-order valence-corrected chi connectivity index (χ0v) is 11.9. The minimum absolute atomic E-state index is 0.333. The zero-order valence-electron chi connectivity index (χ0n) is 11.9. The molecule has 1 heteroatoms. The van der Waals surface area contributed by atoms with Crippen LogP contribution in [-0.4, -0.2) is 5.78 Å². The second-order valence-electron chi connectivity index (χ2n) is 6.57. The topological polar surface area (TPSA) is 17.1 Å². The van der Waals surface area contributed by atoms with E-state index < -0.39 is 0 Å². The predicted octanol–water partition coefficient (Wildman–Crippen LogP) is 4.50. The SMILES string of the molecule is CC1CCC(=O)C(CC2CCCc3ccccc32)C1. The molecule has 102 valence electrons. The first kappa shape index (κ1) is 12.9. The van der Waals surface area contributed by atoms with Crippen molar-refractivity contribution in [3.05, 3.63) is 35.4 Å².